The van der Waals surface area contributed by atoms with E-state index in [1.165, 1.54) is 0 Å². The van der Waals surface area contributed by atoms with Crippen LogP contribution in [-0.4, -0.2) is 26.4 Å². The molecule has 0 atom stereocenters. The Hall–Kier alpha value is -1.22. The number of benzene rings is 1. The Morgan fingerprint density at radius 3 is 1.94 bits per heavy atom. The summed E-state index contributed by atoms with van der Waals surface area (Å²) in [5.41, 5.74) is 1.72. The molecule has 0 aliphatic heterocycles. The van der Waals surface area contributed by atoms with Gasteiger partial charge in [0.1, 0.15) is 0 Å². The van der Waals surface area contributed by atoms with Crippen molar-refractivity contribution in [3.63, 3.8) is 0 Å². The zero-order chi connectivity index (χ0) is 12.6. The molecule has 0 unspecified atom stereocenters. The van der Waals surface area contributed by atoms with Gasteiger partial charge in [0, 0.05) is 6.61 Å². The van der Waals surface area contributed by atoms with E-state index in [1.807, 2.05) is 18.2 Å². The van der Waals surface area contributed by atoms with Crippen molar-refractivity contribution in [3.8, 4) is 6.07 Å². The third-order valence-corrected chi connectivity index (χ3v) is 1.48. The number of nitriles is 1. The Morgan fingerprint density at radius 2 is 1.62 bits per heavy atom. The molecule has 0 saturated heterocycles. The molecule has 0 saturated carbocycles. The van der Waals surface area contributed by atoms with Crippen LogP contribution in [0.1, 0.15) is 11.1 Å². The van der Waals surface area contributed by atoms with E-state index in [-0.39, 0.29) is 6.61 Å². The van der Waals surface area contributed by atoms with Crippen LogP contribution < -0.4 is 0 Å². The molecule has 7 heteroatoms. The van der Waals surface area contributed by atoms with Gasteiger partial charge in [-0.1, -0.05) is 12.1 Å². The zero-order valence-electron chi connectivity index (χ0n) is 8.32. The van der Waals surface area contributed by atoms with E-state index in [1.54, 1.807) is 12.1 Å². The molecule has 6 nitrogen and oxygen atoms in total. The molecule has 0 fully saturated rings. The fraction of sp³-hybridized carbons (Fsp3) is 0.222. The number of aliphatic hydroxyl groups is 1. The van der Waals surface area contributed by atoms with E-state index >= 15 is 0 Å². The predicted molar refractivity (Wildman–Crippen MR) is 56.2 cm³/mol. The highest BCUT2D eigenvalue weighted by atomic mass is 31.2. The molecule has 0 aromatic heterocycles. The molecular formula is C9H12NO5P. The topological polar surface area (TPSA) is 122 Å². The van der Waals surface area contributed by atoms with Crippen molar-refractivity contribution in [2.75, 3.05) is 6.61 Å². The number of rotatable bonds is 2. The van der Waals surface area contributed by atoms with Crippen LogP contribution in [0.5, 0.6) is 0 Å². The molecule has 4 N–H and O–H groups in total. The average Bonchev–Trinajstić information content (AvgIpc) is 2.17. The smallest absolute Gasteiger partial charge is 0.396 e. The lowest BCUT2D eigenvalue weighted by molar-refractivity contribution is 0.275. The van der Waals surface area contributed by atoms with Crippen molar-refractivity contribution in [1.82, 2.24) is 0 Å². The first-order valence-corrected chi connectivity index (χ1v) is 5.81. The van der Waals surface area contributed by atoms with Crippen LogP contribution in [0.4, 0.5) is 0 Å². The summed E-state index contributed by atoms with van der Waals surface area (Å²) in [4.78, 5) is 21.6. The zero-order valence-corrected chi connectivity index (χ0v) is 9.21. The first-order chi connectivity index (χ1) is 7.36. The molecule has 0 spiro atoms. The average molecular weight is 245 g/mol. The molecule has 1 rings (SSSR count). The van der Waals surface area contributed by atoms with Gasteiger partial charge >= 0.3 is 7.82 Å². The number of nitrogens with zero attached hydrogens (tertiary/aromatic N) is 1. The molecule has 0 amide bonds. The van der Waals surface area contributed by atoms with Gasteiger partial charge in [-0.2, -0.15) is 5.26 Å². The maximum atomic E-state index is 8.88. The lowest BCUT2D eigenvalue weighted by Gasteiger charge is -1.95. The Kier molecular flexibility index (Phi) is 6.58. The summed E-state index contributed by atoms with van der Waals surface area (Å²) in [5, 5.41) is 17.0. The Bertz CT molecular complexity index is 383. The molecule has 0 heterocycles. The maximum absolute atomic E-state index is 8.88. The third-order valence-electron chi connectivity index (χ3n) is 1.48. The number of hydrogen-bond acceptors (Lipinski definition) is 3. The highest BCUT2D eigenvalue weighted by Crippen LogP contribution is 2.25. The van der Waals surface area contributed by atoms with Crippen molar-refractivity contribution >= 4 is 7.82 Å². The summed E-state index contributed by atoms with van der Waals surface area (Å²) in [6.45, 7) is 0.159. The summed E-state index contributed by atoms with van der Waals surface area (Å²) in [6.07, 6.45) is 0.658. The maximum Gasteiger partial charge on any atom is 0.466 e. The summed E-state index contributed by atoms with van der Waals surface area (Å²) in [6, 6.07) is 9.26. The van der Waals surface area contributed by atoms with Crippen molar-refractivity contribution in [2.45, 2.75) is 6.42 Å². The fourth-order valence-corrected chi connectivity index (χ4v) is 0.875. The summed E-state index contributed by atoms with van der Waals surface area (Å²) >= 11 is 0. The highest BCUT2D eigenvalue weighted by molar-refractivity contribution is 7.45. The molecule has 0 aliphatic carbocycles. The van der Waals surface area contributed by atoms with Crippen LogP contribution in [0, 0.1) is 11.3 Å². The van der Waals surface area contributed by atoms with Crippen LogP contribution >= 0.6 is 7.82 Å². The minimum absolute atomic E-state index is 0.159. The van der Waals surface area contributed by atoms with E-state index in [0.29, 0.717) is 12.0 Å². The number of hydrogen-bond donors (Lipinski definition) is 4. The van der Waals surface area contributed by atoms with Crippen molar-refractivity contribution < 1.29 is 24.4 Å². The number of aliphatic hydroxyl groups excluding tert-OH is 1. The van der Waals surface area contributed by atoms with Gasteiger partial charge in [0.05, 0.1) is 11.6 Å². The minimum Gasteiger partial charge on any atom is -0.396 e. The summed E-state index contributed by atoms with van der Waals surface area (Å²) in [7, 11) is -4.64. The molecule has 16 heavy (non-hydrogen) atoms. The Morgan fingerprint density at radius 1 is 1.19 bits per heavy atom. The van der Waals surface area contributed by atoms with E-state index in [2.05, 4.69) is 0 Å². The monoisotopic (exact) mass is 245 g/mol. The molecule has 0 bridgehead atoms. The van der Waals surface area contributed by atoms with Crippen LogP contribution in [-0.2, 0) is 11.0 Å². The second-order valence-electron chi connectivity index (χ2n) is 2.80. The van der Waals surface area contributed by atoms with Gasteiger partial charge in [0.25, 0.3) is 0 Å². The minimum atomic E-state index is -4.64. The highest BCUT2D eigenvalue weighted by Gasteiger charge is 2.00. The van der Waals surface area contributed by atoms with Gasteiger partial charge < -0.3 is 19.8 Å². The normalized spacial score (nSPS) is 9.94. The molecule has 1 aromatic rings. The van der Waals surface area contributed by atoms with E-state index < -0.39 is 7.82 Å². The standard InChI is InChI=1S/C9H9NO.H3O4P/c10-7-9-3-1-8(2-4-9)5-6-11;1-5(2,3)4/h1-4,11H,5-6H2;(H3,1,2,3,4). The second-order valence-corrected chi connectivity index (χ2v) is 3.82. The van der Waals surface area contributed by atoms with E-state index in [4.69, 9.17) is 29.6 Å². The van der Waals surface area contributed by atoms with Gasteiger partial charge in [0.2, 0.25) is 0 Å². The second kappa shape index (κ2) is 7.12. The summed E-state index contributed by atoms with van der Waals surface area (Å²) < 4.78 is 8.88. The quantitative estimate of drug-likeness (QED) is 0.551. The summed E-state index contributed by atoms with van der Waals surface area (Å²) in [5.74, 6) is 0. The van der Waals surface area contributed by atoms with Crippen LogP contribution in [0.25, 0.3) is 0 Å². The SMILES string of the molecule is N#Cc1ccc(CCO)cc1.O=P(O)(O)O. The van der Waals surface area contributed by atoms with Gasteiger partial charge in [-0.15, -0.1) is 0 Å². The third kappa shape index (κ3) is 9.34. The lowest BCUT2D eigenvalue weighted by atomic mass is 10.1. The van der Waals surface area contributed by atoms with Gasteiger partial charge in [-0.25, -0.2) is 4.57 Å². The first-order valence-electron chi connectivity index (χ1n) is 4.25. The first kappa shape index (κ1) is 14.8. The predicted octanol–water partition coefficient (Wildman–Crippen LogP) is 0.164. The molecule has 1 aromatic carbocycles. The molecule has 0 radical (unpaired) electrons. The van der Waals surface area contributed by atoms with Crippen LogP contribution in [0.15, 0.2) is 24.3 Å². The van der Waals surface area contributed by atoms with Gasteiger partial charge in [-0.05, 0) is 24.1 Å². The van der Waals surface area contributed by atoms with E-state index in [9.17, 15) is 0 Å². The molecular weight excluding hydrogens is 233 g/mol. The molecule has 88 valence electrons. The van der Waals surface area contributed by atoms with Gasteiger partial charge in [0.15, 0.2) is 0 Å². The lowest BCUT2D eigenvalue weighted by Crippen LogP contribution is -1.89. The van der Waals surface area contributed by atoms with Gasteiger partial charge in [-0.3, -0.25) is 0 Å². The van der Waals surface area contributed by atoms with Crippen molar-refractivity contribution in [3.05, 3.63) is 35.4 Å². The van der Waals surface area contributed by atoms with Crippen molar-refractivity contribution in [1.29, 1.82) is 5.26 Å². The van der Waals surface area contributed by atoms with Crippen molar-refractivity contribution in [2.24, 2.45) is 0 Å². The number of phosphoric acid groups is 1. The van der Waals surface area contributed by atoms with Crippen LogP contribution in [0.2, 0.25) is 0 Å². The molecule has 0 aliphatic rings. The van der Waals surface area contributed by atoms with Crippen LogP contribution in [0.3, 0.4) is 0 Å². The Labute approximate surface area is 92.7 Å². The van der Waals surface area contributed by atoms with E-state index in [0.717, 1.165) is 5.56 Å². The largest absolute Gasteiger partial charge is 0.466 e. The fourth-order valence-electron chi connectivity index (χ4n) is 0.875. The Balaban J connectivity index is 0.000000385.